The topological polar surface area (TPSA) is 103 Å². The molecule has 0 spiro atoms. The predicted molar refractivity (Wildman–Crippen MR) is 123 cm³/mol. The molecular weight excluding hydrogens is 436 g/mol. The van der Waals surface area contributed by atoms with Gasteiger partial charge in [-0.3, -0.25) is 9.59 Å². The fraction of sp³-hybridized carbons (Fsp3) is 0.500. The molecule has 2 aromatic rings. The molecule has 2 amide bonds. The number of carbonyl (C=O) groups is 2. The summed E-state index contributed by atoms with van der Waals surface area (Å²) in [7, 11) is 0. The SMILES string of the molecule is O=C(NC(CC1CCCCC1)C(=O)NCCO)c1ccc(CNc2cc(Cl)ccn2)s1. The number of hydrogen-bond acceptors (Lipinski definition) is 6. The fourth-order valence-corrected chi connectivity index (χ4v) is 4.80. The quantitative estimate of drug-likeness (QED) is 0.430. The summed E-state index contributed by atoms with van der Waals surface area (Å²) < 4.78 is 0. The van der Waals surface area contributed by atoms with Crippen LogP contribution in [0.4, 0.5) is 5.82 Å². The van der Waals surface area contributed by atoms with Crippen molar-refractivity contribution in [3.63, 3.8) is 0 Å². The highest BCUT2D eigenvalue weighted by atomic mass is 35.5. The molecule has 0 aliphatic heterocycles. The molecule has 1 unspecified atom stereocenters. The minimum Gasteiger partial charge on any atom is -0.395 e. The van der Waals surface area contributed by atoms with E-state index < -0.39 is 6.04 Å². The molecule has 3 rings (SSSR count). The third-order valence-corrected chi connectivity index (χ3v) is 6.70. The van der Waals surface area contributed by atoms with Gasteiger partial charge >= 0.3 is 0 Å². The lowest BCUT2D eigenvalue weighted by Crippen LogP contribution is -2.48. The minimum atomic E-state index is -0.596. The number of nitrogens with one attached hydrogen (secondary N) is 3. The lowest BCUT2D eigenvalue weighted by molar-refractivity contribution is -0.123. The Kier molecular flexibility index (Phi) is 9.12. The fourth-order valence-electron chi connectivity index (χ4n) is 3.79. The van der Waals surface area contributed by atoms with E-state index in [-0.39, 0.29) is 25.0 Å². The summed E-state index contributed by atoms with van der Waals surface area (Å²) in [5.74, 6) is 0.614. The van der Waals surface area contributed by atoms with Crippen LogP contribution in [0.3, 0.4) is 0 Å². The van der Waals surface area contributed by atoms with E-state index in [4.69, 9.17) is 16.7 Å². The van der Waals surface area contributed by atoms with Crippen LogP contribution in [-0.2, 0) is 11.3 Å². The summed E-state index contributed by atoms with van der Waals surface area (Å²) in [6.07, 6.45) is 8.02. The zero-order valence-corrected chi connectivity index (χ0v) is 19.0. The Labute approximate surface area is 191 Å². The van der Waals surface area contributed by atoms with E-state index in [1.165, 1.54) is 30.6 Å². The number of aliphatic hydroxyl groups excluding tert-OH is 1. The first-order chi connectivity index (χ1) is 15.0. The largest absolute Gasteiger partial charge is 0.395 e. The molecule has 1 aliphatic carbocycles. The van der Waals surface area contributed by atoms with Crippen LogP contribution in [0.15, 0.2) is 30.5 Å². The van der Waals surface area contributed by atoms with E-state index in [1.54, 1.807) is 24.4 Å². The van der Waals surface area contributed by atoms with Crippen LogP contribution in [0.1, 0.15) is 53.1 Å². The van der Waals surface area contributed by atoms with Crippen molar-refractivity contribution < 1.29 is 14.7 Å². The molecule has 0 radical (unpaired) electrons. The Hall–Kier alpha value is -2.16. The first kappa shape index (κ1) is 23.5. The summed E-state index contributed by atoms with van der Waals surface area (Å²) in [5.41, 5.74) is 0. The van der Waals surface area contributed by atoms with Crippen molar-refractivity contribution in [2.45, 2.75) is 51.1 Å². The van der Waals surface area contributed by atoms with E-state index in [0.29, 0.717) is 34.6 Å². The summed E-state index contributed by atoms with van der Waals surface area (Å²) in [6.45, 7) is 0.578. The number of amides is 2. The molecule has 1 saturated carbocycles. The molecule has 0 bridgehead atoms. The van der Waals surface area contributed by atoms with Crippen molar-refractivity contribution >= 4 is 40.6 Å². The molecular formula is C22H29ClN4O3S. The molecule has 0 aromatic carbocycles. The standard InChI is InChI=1S/C22H29ClN4O3S/c23-16-8-9-24-20(13-16)26-14-17-6-7-19(31-17)22(30)27-18(21(29)25-10-11-28)12-15-4-2-1-3-5-15/h6-9,13,15,18,28H,1-5,10-12,14H2,(H,24,26)(H,25,29)(H,27,30). The van der Waals surface area contributed by atoms with Gasteiger partial charge in [0, 0.05) is 22.6 Å². The predicted octanol–water partition coefficient (Wildman–Crippen LogP) is 3.59. The first-order valence-corrected chi connectivity index (χ1v) is 11.9. The van der Waals surface area contributed by atoms with E-state index in [1.807, 2.05) is 6.07 Å². The van der Waals surface area contributed by atoms with Crippen LogP contribution in [0.5, 0.6) is 0 Å². The highest BCUT2D eigenvalue weighted by Crippen LogP contribution is 2.28. The Morgan fingerprint density at radius 3 is 2.77 bits per heavy atom. The van der Waals surface area contributed by atoms with Gasteiger partial charge in [0.15, 0.2) is 0 Å². The number of carbonyl (C=O) groups excluding carboxylic acids is 2. The zero-order valence-electron chi connectivity index (χ0n) is 17.4. The van der Waals surface area contributed by atoms with E-state index in [9.17, 15) is 9.59 Å². The van der Waals surface area contributed by atoms with Gasteiger partial charge in [-0.2, -0.15) is 0 Å². The van der Waals surface area contributed by atoms with Crippen LogP contribution in [0.2, 0.25) is 5.02 Å². The second kappa shape index (κ2) is 12.0. The molecule has 0 saturated heterocycles. The lowest BCUT2D eigenvalue weighted by atomic mass is 9.84. The van der Waals surface area contributed by atoms with Crippen molar-refractivity contribution in [2.24, 2.45) is 5.92 Å². The number of pyridine rings is 1. The molecule has 2 aromatic heterocycles. The van der Waals surface area contributed by atoms with Gasteiger partial charge in [0.2, 0.25) is 5.91 Å². The van der Waals surface area contributed by atoms with Crippen LogP contribution in [0, 0.1) is 5.92 Å². The second-order valence-corrected chi connectivity index (χ2v) is 9.36. The number of aliphatic hydroxyl groups is 1. The number of hydrogen-bond donors (Lipinski definition) is 4. The summed E-state index contributed by atoms with van der Waals surface area (Å²) in [5, 5.41) is 18.4. The average molecular weight is 465 g/mol. The van der Waals surface area contributed by atoms with Crippen LogP contribution in [0.25, 0.3) is 0 Å². The van der Waals surface area contributed by atoms with Gasteiger partial charge < -0.3 is 21.1 Å². The van der Waals surface area contributed by atoms with Gasteiger partial charge in [-0.05, 0) is 36.6 Å². The molecule has 1 fully saturated rings. The maximum Gasteiger partial charge on any atom is 0.262 e. The number of halogens is 1. The molecule has 9 heteroatoms. The number of thiophene rings is 1. The highest BCUT2D eigenvalue weighted by molar-refractivity contribution is 7.14. The smallest absolute Gasteiger partial charge is 0.262 e. The third-order valence-electron chi connectivity index (χ3n) is 5.38. The molecule has 1 aliphatic rings. The number of rotatable bonds is 10. The lowest BCUT2D eigenvalue weighted by Gasteiger charge is -2.26. The van der Waals surface area contributed by atoms with Gasteiger partial charge in [-0.15, -0.1) is 11.3 Å². The van der Waals surface area contributed by atoms with Crippen LogP contribution < -0.4 is 16.0 Å². The first-order valence-electron chi connectivity index (χ1n) is 10.7. The van der Waals surface area contributed by atoms with Gasteiger partial charge in [-0.1, -0.05) is 43.7 Å². The van der Waals surface area contributed by atoms with Crippen molar-refractivity contribution in [2.75, 3.05) is 18.5 Å². The van der Waals surface area contributed by atoms with Crippen molar-refractivity contribution in [3.8, 4) is 0 Å². The highest BCUT2D eigenvalue weighted by Gasteiger charge is 2.26. The third kappa shape index (κ3) is 7.48. The van der Waals surface area contributed by atoms with Crippen LogP contribution >= 0.6 is 22.9 Å². The maximum absolute atomic E-state index is 12.8. The molecule has 1 atom stereocenters. The Bertz CT molecular complexity index is 870. The summed E-state index contributed by atoms with van der Waals surface area (Å²) >= 11 is 7.35. The van der Waals surface area contributed by atoms with E-state index >= 15 is 0 Å². The zero-order chi connectivity index (χ0) is 22.1. The summed E-state index contributed by atoms with van der Waals surface area (Å²) in [4.78, 5) is 31.1. The van der Waals surface area contributed by atoms with Gasteiger partial charge in [-0.25, -0.2) is 4.98 Å². The molecule has 168 valence electrons. The summed E-state index contributed by atoms with van der Waals surface area (Å²) in [6, 6.07) is 6.51. The number of nitrogens with zero attached hydrogens (tertiary/aromatic N) is 1. The Morgan fingerprint density at radius 1 is 1.23 bits per heavy atom. The van der Waals surface area contributed by atoms with Crippen molar-refractivity contribution in [3.05, 3.63) is 45.2 Å². The average Bonchev–Trinajstić information content (AvgIpc) is 3.25. The van der Waals surface area contributed by atoms with Crippen molar-refractivity contribution in [1.82, 2.24) is 15.6 Å². The molecule has 2 heterocycles. The van der Waals surface area contributed by atoms with Crippen LogP contribution in [-0.4, -0.2) is 41.1 Å². The Morgan fingerprint density at radius 2 is 2.03 bits per heavy atom. The molecule has 31 heavy (non-hydrogen) atoms. The number of anilines is 1. The monoisotopic (exact) mass is 464 g/mol. The normalized spacial score (nSPS) is 15.3. The van der Waals surface area contributed by atoms with Gasteiger partial charge in [0.1, 0.15) is 11.9 Å². The van der Waals surface area contributed by atoms with Crippen molar-refractivity contribution in [1.29, 1.82) is 0 Å². The van der Waals surface area contributed by atoms with E-state index in [2.05, 4.69) is 20.9 Å². The molecule has 4 N–H and O–H groups in total. The maximum atomic E-state index is 12.8. The Balaban J connectivity index is 1.58. The molecule has 7 nitrogen and oxygen atoms in total. The second-order valence-electron chi connectivity index (χ2n) is 7.76. The van der Waals surface area contributed by atoms with E-state index in [0.717, 1.165) is 17.7 Å². The minimum absolute atomic E-state index is 0.126. The van der Waals surface area contributed by atoms with Gasteiger partial charge in [0.25, 0.3) is 5.91 Å². The number of aromatic nitrogens is 1. The van der Waals surface area contributed by atoms with Gasteiger partial charge in [0.05, 0.1) is 18.0 Å².